The van der Waals surface area contributed by atoms with Crippen LogP contribution in [0.15, 0.2) is 64.3 Å². The Morgan fingerprint density at radius 3 is 2.72 bits per heavy atom. The van der Waals surface area contributed by atoms with E-state index in [0.29, 0.717) is 0 Å². The van der Waals surface area contributed by atoms with Gasteiger partial charge in [0.1, 0.15) is 0 Å². The number of hydrogen-bond acceptors (Lipinski definition) is 0. The average Bonchev–Trinajstić information content (AvgIpc) is 3.05. The van der Waals surface area contributed by atoms with Crippen LogP contribution in [-0.2, 0) is 6.42 Å². The van der Waals surface area contributed by atoms with Crippen LogP contribution in [0.5, 0.6) is 0 Å². The van der Waals surface area contributed by atoms with Gasteiger partial charge in [0.05, 0.1) is 0 Å². The van der Waals surface area contributed by atoms with Gasteiger partial charge >= 0.3 is 0 Å². The van der Waals surface area contributed by atoms with Crippen molar-refractivity contribution in [2.75, 3.05) is 0 Å². The molecule has 4 aliphatic rings. The maximum absolute atomic E-state index is 2.35. The molecule has 0 spiro atoms. The van der Waals surface area contributed by atoms with Crippen molar-refractivity contribution in [3.05, 3.63) is 75.4 Å². The van der Waals surface area contributed by atoms with Crippen molar-refractivity contribution in [3.63, 3.8) is 0 Å². The van der Waals surface area contributed by atoms with Crippen molar-refractivity contribution in [2.45, 2.75) is 25.7 Å². The van der Waals surface area contributed by atoms with E-state index in [1.807, 2.05) is 0 Å². The first-order chi connectivity index (χ1) is 8.92. The van der Waals surface area contributed by atoms with Gasteiger partial charge in [-0.1, -0.05) is 47.6 Å². The molecule has 0 N–H and O–H groups in total. The summed E-state index contributed by atoms with van der Waals surface area (Å²) < 4.78 is 0. The first-order valence-electron chi connectivity index (χ1n) is 6.83. The number of rotatable bonds is 0. The molecule has 0 aliphatic heterocycles. The maximum atomic E-state index is 2.35. The standard InChI is InChI=1S/C18H14/c1-2-6-15-11(4-1)8-13-10-16-14-7-3-5-12(14)9-17(16)18(13)15/h1-4,6-7H,5,8-10H2. The Morgan fingerprint density at radius 2 is 1.72 bits per heavy atom. The monoisotopic (exact) mass is 230 g/mol. The summed E-state index contributed by atoms with van der Waals surface area (Å²) in [5.41, 5.74) is 12.9. The molecule has 0 heteroatoms. The fraction of sp³-hybridized carbons (Fsp3) is 0.222. The number of fused-ring (bicyclic) bond motifs is 4. The molecule has 86 valence electrons. The van der Waals surface area contributed by atoms with Gasteiger partial charge in [0.15, 0.2) is 0 Å². The van der Waals surface area contributed by atoms with Crippen molar-refractivity contribution in [3.8, 4) is 0 Å². The van der Waals surface area contributed by atoms with Gasteiger partial charge in [-0.3, -0.25) is 0 Å². The third-order valence-corrected chi connectivity index (χ3v) is 4.85. The van der Waals surface area contributed by atoms with Crippen LogP contribution in [0.4, 0.5) is 0 Å². The Labute approximate surface area is 107 Å². The van der Waals surface area contributed by atoms with E-state index in [0.717, 1.165) is 0 Å². The summed E-state index contributed by atoms with van der Waals surface area (Å²) in [4.78, 5) is 0. The van der Waals surface area contributed by atoms with Crippen LogP contribution in [0.3, 0.4) is 0 Å². The van der Waals surface area contributed by atoms with Gasteiger partial charge in [0.2, 0.25) is 0 Å². The molecule has 5 rings (SSSR count). The zero-order valence-corrected chi connectivity index (χ0v) is 10.3. The minimum Gasteiger partial charge on any atom is -0.0798 e. The molecule has 0 bridgehead atoms. The highest BCUT2D eigenvalue weighted by molar-refractivity contribution is 5.93. The topological polar surface area (TPSA) is 0 Å². The van der Waals surface area contributed by atoms with E-state index in [-0.39, 0.29) is 0 Å². The lowest BCUT2D eigenvalue weighted by Gasteiger charge is -2.08. The Hall–Kier alpha value is -1.82. The van der Waals surface area contributed by atoms with E-state index in [4.69, 9.17) is 0 Å². The summed E-state index contributed by atoms with van der Waals surface area (Å²) in [5.74, 6) is 0. The molecule has 0 aromatic heterocycles. The summed E-state index contributed by atoms with van der Waals surface area (Å²) in [6.07, 6.45) is 9.47. The highest BCUT2D eigenvalue weighted by Gasteiger charge is 2.36. The summed E-state index contributed by atoms with van der Waals surface area (Å²) >= 11 is 0. The van der Waals surface area contributed by atoms with Crippen LogP contribution in [0.1, 0.15) is 30.4 Å². The van der Waals surface area contributed by atoms with Crippen LogP contribution in [0, 0.1) is 0 Å². The van der Waals surface area contributed by atoms with Gasteiger partial charge in [-0.15, -0.1) is 0 Å². The largest absolute Gasteiger partial charge is 0.0798 e. The second-order valence-corrected chi connectivity index (χ2v) is 5.75. The third kappa shape index (κ3) is 0.940. The quantitative estimate of drug-likeness (QED) is 0.621. The first-order valence-corrected chi connectivity index (χ1v) is 6.83. The zero-order chi connectivity index (χ0) is 11.7. The molecule has 0 saturated heterocycles. The predicted octanol–water partition coefficient (Wildman–Crippen LogP) is 4.36. The molecule has 0 heterocycles. The molecule has 0 unspecified atom stereocenters. The second-order valence-electron chi connectivity index (χ2n) is 5.75. The SMILES string of the molecule is C1=CC2=C(C1)CC1=C2CC2=C1c1ccccc1C2. The number of allylic oxidation sites excluding steroid dienone is 8. The number of hydrogen-bond donors (Lipinski definition) is 0. The molecule has 1 aromatic rings. The molecule has 1 aromatic carbocycles. The zero-order valence-electron chi connectivity index (χ0n) is 10.3. The van der Waals surface area contributed by atoms with Crippen LogP contribution in [0.25, 0.3) is 5.57 Å². The first kappa shape index (κ1) is 9.16. The number of benzene rings is 1. The van der Waals surface area contributed by atoms with Gasteiger partial charge in [0, 0.05) is 0 Å². The van der Waals surface area contributed by atoms with Gasteiger partial charge in [0.25, 0.3) is 0 Å². The Bertz CT molecular complexity index is 720. The van der Waals surface area contributed by atoms with Crippen molar-refractivity contribution in [1.29, 1.82) is 0 Å². The minimum atomic E-state index is 1.19. The maximum Gasteiger partial charge on any atom is -0.00454 e. The van der Waals surface area contributed by atoms with Crippen molar-refractivity contribution < 1.29 is 0 Å². The molecule has 0 saturated carbocycles. The van der Waals surface area contributed by atoms with Gasteiger partial charge < -0.3 is 0 Å². The predicted molar refractivity (Wildman–Crippen MR) is 74.1 cm³/mol. The minimum absolute atomic E-state index is 1.19. The molecule has 0 amide bonds. The molecule has 0 fully saturated rings. The van der Waals surface area contributed by atoms with E-state index in [1.54, 1.807) is 33.4 Å². The lowest BCUT2D eigenvalue weighted by Crippen LogP contribution is -1.90. The molecular weight excluding hydrogens is 216 g/mol. The van der Waals surface area contributed by atoms with E-state index < -0.39 is 0 Å². The van der Waals surface area contributed by atoms with E-state index in [9.17, 15) is 0 Å². The molecule has 4 aliphatic carbocycles. The highest BCUT2D eigenvalue weighted by atomic mass is 14.4. The van der Waals surface area contributed by atoms with Crippen LogP contribution in [-0.4, -0.2) is 0 Å². The lowest BCUT2D eigenvalue weighted by molar-refractivity contribution is 1.08. The van der Waals surface area contributed by atoms with Crippen LogP contribution >= 0.6 is 0 Å². The summed E-state index contributed by atoms with van der Waals surface area (Å²) in [5, 5.41) is 0. The fourth-order valence-electron chi connectivity index (χ4n) is 4.12. The average molecular weight is 230 g/mol. The second kappa shape index (κ2) is 2.95. The van der Waals surface area contributed by atoms with Crippen molar-refractivity contribution in [1.82, 2.24) is 0 Å². The lowest BCUT2D eigenvalue weighted by atomic mass is 9.96. The van der Waals surface area contributed by atoms with E-state index in [2.05, 4.69) is 36.4 Å². The molecular formula is C18H14. The molecule has 0 radical (unpaired) electrons. The third-order valence-electron chi connectivity index (χ3n) is 4.85. The summed E-state index contributed by atoms with van der Waals surface area (Å²) in [7, 11) is 0. The Balaban J connectivity index is 1.68. The molecule has 0 atom stereocenters. The Kier molecular flexibility index (Phi) is 1.50. The van der Waals surface area contributed by atoms with Crippen LogP contribution in [0.2, 0.25) is 0 Å². The van der Waals surface area contributed by atoms with E-state index in [1.165, 1.54) is 36.8 Å². The fourth-order valence-corrected chi connectivity index (χ4v) is 4.12. The highest BCUT2D eigenvalue weighted by Crippen LogP contribution is 2.55. The Morgan fingerprint density at radius 1 is 0.833 bits per heavy atom. The summed E-state index contributed by atoms with van der Waals surface area (Å²) in [6.45, 7) is 0. The van der Waals surface area contributed by atoms with Crippen molar-refractivity contribution >= 4 is 5.57 Å². The smallest absolute Gasteiger partial charge is 0.00454 e. The van der Waals surface area contributed by atoms with Gasteiger partial charge in [-0.05, 0) is 59.1 Å². The van der Waals surface area contributed by atoms with Gasteiger partial charge in [-0.2, -0.15) is 0 Å². The summed E-state index contributed by atoms with van der Waals surface area (Å²) in [6, 6.07) is 8.96. The normalized spacial score (nSPS) is 22.9. The van der Waals surface area contributed by atoms with Crippen molar-refractivity contribution in [2.24, 2.45) is 0 Å². The molecule has 18 heavy (non-hydrogen) atoms. The van der Waals surface area contributed by atoms with Gasteiger partial charge in [-0.25, -0.2) is 0 Å². The molecule has 0 nitrogen and oxygen atoms in total. The van der Waals surface area contributed by atoms with E-state index >= 15 is 0 Å². The van der Waals surface area contributed by atoms with Crippen LogP contribution < -0.4 is 0 Å².